The van der Waals surface area contributed by atoms with Crippen molar-refractivity contribution in [2.24, 2.45) is 0 Å². The molecule has 3 fully saturated rings. The predicted molar refractivity (Wildman–Crippen MR) is 169 cm³/mol. The Labute approximate surface area is 257 Å². The van der Waals surface area contributed by atoms with Crippen LogP contribution in [0.2, 0.25) is 5.02 Å². The molecule has 2 aromatic carbocycles. The average Bonchev–Trinajstić information content (AvgIpc) is 3.54. The molecule has 9 heteroatoms. The van der Waals surface area contributed by atoms with Gasteiger partial charge in [-0.25, -0.2) is 4.39 Å². The van der Waals surface area contributed by atoms with E-state index < -0.39 is 6.17 Å². The molecular weight excluding hydrogens is 565 g/mol. The molecule has 3 aliphatic heterocycles. The Morgan fingerprint density at radius 1 is 1.14 bits per heavy atom. The summed E-state index contributed by atoms with van der Waals surface area (Å²) in [6.07, 6.45) is 7.53. The van der Waals surface area contributed by atoms with Crippen LogP contribution in [0.4, 0.5) is 10.2 Å². The minimum absolute atomic E-state index is 0.00856. The fourth-order valence-corrected chi connectivity index (χ4v) is 8.15. The van der Waals surface area contributed by atoms with Gasteiger partial charge in [-0.1, -0.05) is 36.4 Å². The van der Waals surface area contributed by atoms with E-state index in [4.69, 9.17) is 26.3 Å². The van der Waals surface area contributed by atoms with E-state index in [-0.39, 0.29) is 17.5 Å². The normalized spacial score (nSPS) is 25.6. The molecule has 3 aromatic rings. The van der Waals surface area contributed by atoms with Crippen molar-refractivity contribution in [2.75, 3.05) is 44.2 Å². The molecule has 3 saturated heterocycles. The molecule has 0 spiro atoms. The third-order valence-electron chi connectivity index (χ3n) is 10.0. The van der Waals surface area contributed by atoms with E-state index in [1.807, 2.05) is 11.0 Å². The quantitative estimate of drug-likeness (QED) is 0.322. The number of anilines is 1. The fraction of sp³-hybridized carbons (Fsp3) is 0.500. The standard InChI is InChI=1S/C34H39ClFN5O2/c1-3-31(42)39-14-15-41(22(2)19-39)32-28-16-29(35)27(26-11-6-9-23-8-4-5-10-25(23)26)17-30(28)37-33(38-32)43-21-34-12-7-13-40(34)20-24(36)18-34/h3,6,9,11,16-17,22,24H,1,4-5,7-8,10,12-15,18-21H2,2H3/t22-,24+,34-/m0/s1. The van der Waals surface area contributed by atoms with E-state index in [0.29, 0.717) is 50.2 Å². The van der Waals surface area contributed by atoms with E-state index in [1.54, 1.807) is 0 Å². The molecule has 0 saturated carbocycles. The number of fused-ring (bicyclic) bond motifs is 3. The number of ether oxygens (including phenoxy) is 1. The van der Waals surface area contributed by atoms with Crippen molar-refractivity contribution in [1.29, 1.82) is 0 Å². The van der Waals surface area contributed by atoms with Gasteiger partial charge in [0, 0.05) is 54.6 Å². The Bertz CT molecular complexity index is 1580. The number of alkyl halides is 1. The van der Waals surface area contributed by atoms with Crippen LogP contribution in [-0.2, 0) is 17.6 Å². The maximum atomic E-state index is 14.5. The summed E-state index contributed by atoms with van der Waals surface area (Å²) in [5.41, 5.74) is 5.37. The zero-order valence-corrected chi connectivity index (χ0v) is 25.6. The summed E-state index contributed by atoms with van der Waals surface area (Å²) in [5, 5.41) is 1.52. The lowest BCUT2D eigenvalue weighted by atomic mass is 9.86. The maximum absolute atomic E-state index is 14.5. The summed E-state index contributed by atoms with van der Waals surface area (Å²) in [6.45, 7) is 9.23. The maximum Gasteiger partial charge on any atom is 0.319 e. The van der Waals surface area contributed by atoms with Crippen molar-refractivity contribution < 1.29 is 13.9 Å². The molecule has 4 heterocycles. The van der Waals surface area contributed by atoms with Crippen LogP contribution >= 0.6 is 11.6 Å². The number of hydrogen-bond donors (Lipinski definition) is 0. The largest absolute Gasteiger partial charge is 0.461 e. The van der Waals surface area contributed by atoms with Crippen LogP contribution in [0.15, 0.2) is 43.0 Å². The fourth-order valence-electron chi connectivity index (χ4n) is 7.88. The van der Waals surface area contributed by atoms with Crippen LogP contribution in [-0.4, -0.2) is 82.8 Å². The molecule has 4 aliphatic rings. The molecule has 1 aromatic heterocycles. The summed E-state index contributed by atoms with van der Waals surface area (Å²) >= 11 is 7.06. The number of hydrogen-bond acceptors (Lipinski definition) is 6. The molecular formula is C34H39ClFN5O2. The van der Waals surface area contributed by atoms with Gasteiger partial charge in [0.1, 0.15) is 18.6 Å². The number of aryl methyl sites for hydroxylation is 1. The highest BCUT2D eigenvalue weighted by Gasteiger charge is 2.49. The number of amides is 1. The number of carbonyl (C=O) groups excluding carboxylic acids is 1. The summed E-state index contributed by atoms with van der Waals surface area (Å²) in [4.78, 5) is 28.5. The lowest BCUT2D eigenvalue weighted by molar-refractivity contribution is -0.126. The van der Waals surface area contributed by atoms with Gasteiger partial charge in [0.15, 0.2) is 0 Å². The van der Waals surface area contributed by atoms with Gasteiger partial charge in [-0.05, 0) is 86.9 Å². The number of nitrogens with zero attached hydrogens (tertiary/aromatic N) is 5. The van der Waals surface area contributed by atoms with Gasteiger partial charge in [0.05, 0.1) is 11.1 Å². The second-order valence-electron chi connectivity index (χ2n) is 12.7. The summed E-state index contributed by atoms with van der Waals surface area (Å²) in [5.74, 6) is 0.683. The van der Waals surface area contributed by atoms with E-state index in [9.17, 15) is 9.18 Å². The lowest BCUT2D eigenvalue weighted by Gasteiger charge is -2.40. The summed E-state index contributed by atoms with van der Waals surface area (Å²) in [6, 6.07) is 10.9. The lowest BCUT2D eigenvalue weighted by Crippen LogP contribution is -2.53. The number of carbonyl (C=O) groups is 1. The van der Waals surface area contributed by atoms with E-state index in [0.717, 1.165) is 60.1 Å². The molecule has 226 valence electrons. The predicted octanol–water partition coefficient (Wildman–Crippen LogP) is 6.01. The van der Waals surface area contributed by atoms with Crippen molar-refractivity contribution >= 4 is 34.2 Å². The van der Waals surface area contributed by atoms with Crippen molar-refractivity contribution in [3.8, 4) is 17.1 Å². The van der Waals surface area contributed by atoms with Crippen LogP contribution < -0.4 is 9.64 Å². The van der Waals surface area contributed by atoms with E-state index in [1.165, 1.54) is 30.0 Å². The third-order valence-corrected chi connectivity index (χ3v) is 10.4. The Kier molecular flexibility index (Phi) is 7.54. The highest BCUT2D eigenvalue weighted by Crippen LogP contribution is 2.42. The molecule has 7 rings (SSSR count). The molecule has 0 N–H and O–H groups in total. The summed E-state index contributed by atoms with van der Waals surface area (Å²) < 4.78 is 20.9. The van der Waals surface area contributed by atoms with Crippen molar-refractivity contribution in [3.63, 3.8) is 0 Å². The van der Waals surface area contributed by atoms with Gasteiger partial charge in [-0.2, -0.15) is 9.97 Å². The van der Waals surface area contributed by atoms with E-state index >= 15 is 0 Å². The first kappa shape index (κ1) is 28.5. The highest BCUT2D eigenvalue weighted by atomic mass is 35.5. The topological polar surface area (TPSA) is 61.8 Å². The molecule has 3 atom stereocenters. The van der Waals surface area contributed by atoms with Crippen molar-refractivity contribution in [2.45, 2.75) is 69.6 Å². The molecule has 1 amide bonds. The van der Waals surface area contributed by atoms with Crippen molar-refractivity contribution in [1.82, 2.24) is 19.8 Å². The number of halogens is 2. The first-order chi connectivity index (χ1) is 20.8. The minimum Gasteiger partial charge on any atom is -0.461 e. The van der Waals surface area contributed by atoms with E-state index in [2.05, 4.69) is 47.6 Å². The average molecular weight is 604 g/mol. The highest BCUT2D eigenvalue weighted by molar-refractivity contribution is 6.34. The SMILES string of the molecule is C=CC(=O)N1CCN(c2nc(OC[C@@]34CCCN3C[C@H](F)C4)nc3cc(-c4cccc5c4CCCC5)c(Cl)cc23)[C@@H](C)C1. The smallest absolute Gasteiger partial charge is 0.319 e. The summed E-state index contributed by atoms with van der Waals surface area (Å²) in [7, 11) is 0. The van der Waals surface area contributed by atoms with Crippen LogP contribution in [0, 0.1) is 0 Å². The van der Waals surface area contributed by atoms with Gasteiger partial charge in [-0.15, -0.1) is 0 Å². The molecule has 0 unspecified atom stereocenters. The van der Waals surface area contributed by atoms with Gasteiger partial charge >= 0.3 is 6.01 Å². The molecule has 1 aliphatic carbocycles. The monoisotopic (exact) mass is 603 g/mol. The van der Waals surface area contributed by atoms with Gasteiger partial charge in [0.25, 0.3) is 0 Å². The van der Waals surface area contributed by atoms with Crippen molar-refractivity contribution in [3.05, 3.63) is 59.1 Å². The first-order valence-electron chi connectivity index (χ1n) is 15.7. The van der Waals surface area contributed by atoms with Gasteiger partial charge in [-0.3, -0.25) is 9.69 Å². The molecule has 43 heavy (non-hydrogen) atoms. The minimum atomic E-state index is -0.825. The number of rotatable bonds is 6. The zero-order chi connectivity index (χ0) is 29.7. The Hall–Kier alpha value is -3.23. The van der Waals surface area contributed by atoms with Crippen LogP contribution in [0.1, 0.15) is 50.2 Å². The second kappa shape index (κ2) is 11.4. The van der Waals surface area contributed by atoms with Gasteiger partial charge in [0.2, 0.25) is 5.91 Å². The Morgan fingerprint density at radius 3 is 2.84 bits per heavy atom. The number of benzene rings is 2. The molecule has 7 nitrogen and oxygen atoms in total. The zero-order valence-electron chi connectivity index (χ0n) is 24.8. The molecule has 0 bridgehead atoms. The second-order valence-corrected chi connectivity index (χ2v) is 13.1. The number of aromatic nitrogens is 2. The Morgan fingerprint density at radius 2 is 2.00 bits per heavy atom. The third kappa shape index (κ3) is 5.16. The van der Waals surface area contributed by atoms with Crippen LogP contribution in [0.25, 0.3) is 22.0 Å². The van der Waals surface area contributed by atoms with Gasteiger partial charge < -0.3 is 14.5 Å². The Balaban J connectivity index is 1.29. The first-order valence-corrected chi connectivity index (χ1v) is 16.1. The number of piperazine rings is 1. The molecule has 0 radical (unpaired) electrons. The van der Waals surface area contributed by atoms with Crippen LogP contribution in [0.5, 0.6) is 6.01 Å². The van der Waals surface area contributed by atoms with Crippen LogP contribution in [0.3, 0.4) is 0 Å².